The summed E-state index contributed by atoms with van der Waals surface area (Å²) in [6, 6.07) is 1.37. The lowest BCUT2D eigenvalue weighted by atomic mass is 9.81. The van der Waals surface area contributed by atoms with Crippen LogP contribution in [0, 0.1) is 29.1 Å². The van der Waals surface area contributed by atoms with Gasteiger partial charge in [-0.25, -0.2) is 4.79 Å². The van der Waals surface area contributed by atoms with Crippen LogP contribution in [-0.4, -0.2) is 42.4 Å². The fourth-order valence-corrected chi connectivity index (χ4v) is 6.08. The molecule has 0 atom stereocenters. The van der Waals surface area contributed by atoms with Crippen molar-refractivity contribution < 1.29 is 32.6 Å². The smallest absolute Gasteiger partial charge is 0.405 e. The monoisotopic (exact) mass is 511 g/mol. The second kappa shape index (κ2) is 10.1. The number of amides is 1. The Labute approximate surface area is 208 Å². The molecule has 0 aromatic carbocycles. The van der Waals surface area contributed by atoms with Gasteiger partial charge in [-0.05, 0) is 76.2 Å². The van der Waals surface area contributed by atoms with Crippen molar-refractivity contribution in [2.24, 2.45) is 17.3 Å². The first-order valence-corrected chi connectivity index (χ1v) is 13.2. The molecule has 9 heteroatoms. The number of halogens is 3. The first-order valence-electron chi connectivity index (χ1n) is 12.4. The number of aliphatic hydroxyl groups is 1. The van der Waals surface area contributed by atoms with Gasteiger partial charge in [-0.15, -0.1) is 11.3 Å². The molecule has 5 nitrogen and oxygen atoms in total. The zero-order valence-corrected chi connectivity index (χ0v) is 20.9. The summed E-state index contributed by atoms with van der Waals surface area (Å²) in [5.74, 6) is 4.74. The highest BCUT2D eigenvalue weighted by molar-refractivity contribution is 7.15. The zero-order valence-electron chi connectivity index (χ0n) is 20.1. The number of ether oxygens (including phenoxy) is 1. The molecule has 1 N–H and O–H groups in total. The predicted octanol–water partition coefficient (Wildman–Crippen LogP) is 5.69. The number of rotatable bonds is 4. The highest BCUT2D eigenvalue weighted by atomic mass is 32.1. The third-order valence-corrected chi connectivity index (χ3v) is 8.71. The summed E-state index contributed by atoms with van der Waals surface area (Å²) in [5.41, 5.74) is -1.61. The van der Waals surface area contributed by atoms with Crippen molar-refractivity contribution in [3.63, 3.8) is 0 Å². The van der Waals surface area contributed by atoms with Crippen molar-refractivity contribution >= 4 is 28.9 Å². The molecule has 35 heavy (non-hydrogen) atoms. The van der Waals surface area contributed by atoms with Gasteiger partial charge in [-0.2, -0.15) is 13.2 Å². The number of anilines is 1. The van der Waals surface area contributed by atoms with E-state index in [4.69, 9.17) is 4.74 Å². The molecule has 1 amide bonds. The van der Waals surface area contributed by atoms with Gasteiger partial charge < -0.3 is 14.7 Å². The standard InChI is InChI=1S/C26H32F3NO4S/c1-16-3-5-17(6-4-16)23(32)30(18-7-9-19(31)10-8-18)21-15-20(35-22(21)24(33)34-2)11-12-25(13-14-25)26(27,28)29/h15-19,31H,3-10,13-14H2,1-2H3/t16-,17-,18?,19?. The van der Waals surface area contributed by atoms with E-state index in [2.05, 4.69) is 18.8 Å². The molecule has 1 aromatic heterocycles. The quantitative estimate of drug-likeness (QED) is 0.417. The minimum Gasteiger partial charge on any atom is -0.465 e. The van der Waals surface area contributed by atoms with E-state index in [1.54, 1.807) is 11.0 Å². The maximum atomic E-state index is 13.8. The van der Waals surface area contributed by atoms with E-state index >= 15 is 0 Å². The Balaban J connectivity index is 1.71. The van der Waals surface area contributed by atoms with Crippen molar-refractivity contribution in [1.29, 1.82) is 0 Å². The van der Waals surface area contributed by atoms with Crippen molar-refractivity contribution in [2.75, 3.05) is 12.0 Å². The summed E-state index contributed by atoms with van der Waals surface area (Å²) in [7, 11) is 1.24. The average Bonchev–Trinajstić information content (AvgIpc) is 3.53. The fourth-order valence-electron chi connectivity index (χ4n) is 5.16. The molecular formula is C26H32F3NO4S. The van der Waals surface area contributed by atoms with Crippen LogP contribution in [0.1, 0.15) is 85.7 Å². The maximum absolute atomic E-state index is 13.8. The minimum absolute atomic E-state index is 0.0271. The molecule has 0 radical (unpaired) electrons. The van der Waals surface area contributed by atoms with Crippen LogP contribution in [0.5, 0.6) is 0 Å². The lowest BCUT2D eigenvalue weighted by Gasteiger charge is -2.38. The normalized spacial score (nSPS) is 27.9. The molecule has 1 heterocycles. The van der Waals surface area contributed by atoms with Crippen LogP contribution in [0.4, 0.5) is 18.9 Å². The number of hydrogen-bond donors (Lipinski definition) is 1. The van der Waals surface area contributed by atoms with Gasteiger partial charge in [0.05, 0.1) is 23.8 Å². The minimum atomic E-state index is -4.39. The summed E-state index contributed by atoms with van der Waals surface area (Å²) in [5, 5.41) is 10.0. The van der Waals surface area contributed by atoms with Crippen LogP contribution in [0.15, 0.2) is 6.07 Å². The molecule has 0 bridgehead atoms. The van der Waals surface area contributed by atoms with E-state index in [9.17, 15) is 27.9 Å². The molecule has 3 saturated carbocycles. The molecule has 0 spiro atoms. The lowest BCUT2D eigenvalue weighted by molar-refractivity contribution is -0.168. The molecule has 4 rings (SSSR count). The van der Waals surface area contributed by atoms with E-state index < -0.39 is 23.7 Å². The first kappa shape index (κ1) is 26.0. The number of carbonyl (C=O) groups is 2. The van der Waals surface area contributed by atoms with Gasteiger partial charge in [0.15, 0.2) is 0 Å². The summed E-state index contributed by atoms with van der Waals surface area (Å²) < 4.78 is 45.0. The van der Waals surface area contributed by atoms with Gasteiger partial charge in [0.2, 0.25) is 5.91 Å². The largest absolute Gasteiger partial charge is 0.465 e. The number of alkyl halides is 3. The van der Waals surface area contributed by atoms with Crippen molar-refractivity contribution in [1.82, 2.24) is 0 Å². The highest BCUT2D eigenvalue weighted by Gasteiger charge is 2.62. The summed E-state index contributed by atoms with van der Waals surface area (Å²) in [6.07, 6.45) is 0.859. The molecule has 0 unspecified atom stereocenters. The Morgan fingerprint density at radius 1 is 1.11 bits per heavy atom. The van der Waals surface area contributed by atoms with Crippen LogP contribution >= 0.6 is 11.3 Å². The van der Waals surface area contributed by atoms with E-state index in [1.165, 1.54) is 7.11 Å². The Hall–Kier alpha value is -2.05. The Morgan fingerprint density at radius 3 is 2.29 bits per heavy atom. The van der Waals surface area contributed by atoms with Crippen LogP contribution < -0.4 is 4.90 Å². The van der Waals surface area contributed by atoms with Crippen LogP contribution in [0.2, 0.25) is 0 Å². The Morgan fingerprint density at radius 2 is 1.74 bits per heavy atom. The molecular weight excluding hydrogens is 479 g/mol. The fraction of sp³-hybridized carbons (Fsp3) is 0.692. The topological polar surface area (TPSA) is 66.8 Å². The Kier molecular flexibility index (Phi) is 7.54. The van der Waals surface area contributed by atoms with Gasteiger partial charge in [-0.1, -0.05) is 18.8 Å². The third kappa shape index (κ3) is 5.54. The van der Waals surface area contributed by atoms with Crippen molar-refractivity contribution in [3.05, 3.63) is 15.8 Å². The van der Waals surface area contributed by atoms with Crippen LogP contribution in [0.25, 0.3) is 0 Å². The molecule has 3 fully saturated rings. The van der Waals surface area contributed by atoms with Crippen molar-refractivity contribution in [2.45, 2.75) is 89.5 Å². The summed E-state index contributed by atoms with van der Waals surface area (Å²) in [4.78, 5) is 28.7. The number of thiophene rings is 1. The van der Waals surface area contributed by atoms with Gasteiger partial charge in [-0.3, -0.25) is 4.79 Å². The zero-order chi connectivity index (χ0) is 25.4. The average molecular weight is 512 g/mol. The first-order chi connectivity index (χ1) is 16.5. The summed E-state index contributed by atoms with van der Waals surface area (Å²) >= 11 is 0.970. The van der Waals surface area contributed by atoms with Crippen molar-refractivity contribution in [3.8, 4) is 11.8 Å². The van der Waals surface area contributed by atoms with E-state index in [0.717, 1.165) is 37.0 Å². The van der Waals surface area contributed by atoms with E-state index in [0.29, 0.717) is 42.2 Å². The molecule has 3 aliphatic rings. The van der Waals surface area contributed by atoms with Crippen LogP contribution in [0.3, 0.4) is 0 Å². The van der Waals surface area contributed by atoms with Crippen LogP contribution in [-0.2, 0) is 9.53 Å². The Bertz CT molecular complexity index is 1000. The molecule has 1 aromatic rings. The van der Waals surface area contributed by atoms with Gasteiger partial charge in [0, 0.05) is 12.0 Å². The third-order valence-electron chi connectivity index (χ3n) is 7.69. The predicted molar refractivity (Wildman–Crippen MR) is 127 cm³/mol. The maximum Gasteiger partial charge on any atom is 0.405 e. The van der Waals surface area contributed by atoms with Gasteiger partial charge >= 0.3 is 12.1 Å². The molecule has 0 saturated heterocycles. The summed E-state index contributed by atoms with van der Waals surface area (Å²) in [6.45, 7) is 2.17. The number of aliphatic hydroxyl groups excluding tert-OH is 1. The van der Waals surface area contributed by atoms with Gasteiger partial charge in [0.25, 0.3) is 0 Å². The number of methoxy groups -OCH3 is 1. The second-order valence-corrected chi connectivity index (χ2v) is 11.3. The van der Waals surface area contributed by atoms with E-state index in [-0.39, 0.29) is 35.6 Å². The SMILES string of the molecule is COC(=O)c1sc(C#CC2(C(F)(F)F)CC2)cc1N(C(=O)[C@H]1CC[C@H](C)CC1)C1CCC(O)CC1. The number of nitrogens with zero attached hydrogens (tertiary/aromatic N) is 1. The highest BCUT2D eigenvalue weighted by Crippen LogP contribution is 2.57. The molecule has 192 valence electrons. The second-order valence-electron chi connectivity index (χ2n) is 10.3. The number of esters is 1. The molecule has 3 aliphatic carbocycles. The van der Waals surface area contributed by atoms with Gasteiger partial charge in [0.1, 0.15) is 10.3 Å². The molecule has 0 aliphatic heterocycles. The van der Waals surface area contributed by atoms with E-state index in [1.807, 2.05) is 0 Å². The number of hydrogen-bond acceptors (Lipinski definition) is 5. The lowest BCUT2D eigenvalue weighted by Crippen LogP contribution is -2.47. The number of carbonyl (C=O) groups excluding carboxylic acids is 2.